The Bertz CT molecular complexity index is 968. The SMILES string of the molecule is CC1(C)O[C@@H]2C[C@H]3[C@@H]4C[C@H](F)C5=CC(=O)CC[C@]5(C)[C@H]4[C@@H](O)C[C@]3(C)[C@]2(C2(C#N)CO2)O1. The highest BCUT2D eigenvalue weighted by Crippen LogP contribution is 2.74. The van der Waals surface area contributed by atoms with E-state index in [-0.39, 0.29) is 42.7 Å². The van der Waals surface area contributed by atoms with Crippen LogP contribution in [0, 0.1) is 39.9 Å². The third-order valence-corrected chi connectivity index (χ3v) is 10.1. The second-order valence-corrected chi connectivity index (χ2v) is 12.0. The molecule has 0 bridgehead atoms. The van der Waals surface area contributed by atoms with Crippen LogP contribution in [0.5, 0.6) is 0 Å². The minimum absolute atomic E-state index is 0.0195. The molecule has 1 N–H and O–H groups in total. The van der Waals surface area contributed by atoms with Gasteiger partial charge in [-0.3, -0.25) is 4.79 Å². The van der Waals surface area contributed by atoms with Crippen LogP contribution in [0.15, 0.2) is 11.6 Å². The summed E-state index contributed by atoms with van der Waals surface area (Å²) in [5, 5.41) is 21.8. The summed E-state index contributed by atoms with van der Waals surface area (Å²) in [6.07, 6.45) is 1.61. The van der Waals surface area contributed by atoms with Gasteiger partial charge in [0.05, 0.1) is 18.8 Å². The quantitative estimate of drug-likeness (QED) is 0.623. The zero-order chi connectivity index (χ0) is 22.9. The number of carbonyl (C=O) groups excluding carboxylic acids is 1. The maximum atomic E-state index is 15.6. The van der Waals surface area contributed by atoms with Gasteiger partial charge < -0.3 is 19.3 Å². The predicted molar refractivity (Wildman–Crippen MR) is 111 cm³/mol. The van der Waals surface area contributed by atoms with Crippen molar-refractivity contribution in [1.82, 2.24) is 0 Å². The standard InChI is InChI=1S/C25H32FNO5/c1-21(2)31-19-9-15-14-8-17(26)16-7-13(28)5-6-22(16,3)20(14)18(29)10-23(15,4)25(19,32-21)24(11-27)12-30-24/h7,14-15,17-20,29H,5-6,8-10,12H2,1-4H3/t14-,15-,17-,18-,19+,20+,22-,23-,24?,25+/m0/s1. The van der Waals surface area contributed by atoms with Gasteiger partial charge in [-0.2, -0.15) is 5.26 Å². The molecule has 0 amide bonds. The van der Waals surface area contributed by atoms with E-state index in [9.17, 15) is 15.2 Å². The van der Waals surface area contributed by atoms with Crippen LogP contribution in [-0.2, 0) is 19.0 Å². The number of alkyl halides is 1. The molecule has 4 aliphatic carbocycles. The van der Waals surface area contributed by atoms with Crippen LogP contribution < -0.4 is 0 Å². The minimum Gasteiger partial charge on any atom is -0.393 e. The third kappa shape index (κ3) is 2.25. The molecule has 2 saturated heterocycles. The highest BCUT2D eigenvalue weighted by Gasteiger charge is 2.84. The summed E-state index contributed by atoms with van der Waals surface area (Å²) in [6, 6.07) is 2.38. The molecule has 6 nitrogen and oxygen atoms in total. The number of epoxide rings is 1. The number of allylic oxidation sites excluding steroid dienone is 1. The van der Waals surface area contributed by atoms with Gasteiger partial charge in [-0.15, -0.1) is 0 Å². The molecular weight excluding hydrogens is 413 g/mol. The molecule has 10 atom stereocenters. The molecule has 2 heterocycles. The van der Waals surface area contributed by atoms with Crippen molar-refractivity contribution < 1.29 is 28.5 Å². The van der Waals surface area contributed by atoms with E-state index in [1.807, 2.05) is 20.8 Å². The number of rotatable bonds is 1. The molecule has 2 aliphatic heterocycles. The molecule has 7 heteroatoms. The van der Waals surface area contributed by atoms with Gasteiger partial charge in [0.1, 0.15) is 17.8 Å². The average Bonchev–Trinajstić information content (AvgIpc) is 3.39. The van der Waals surface area contributed by atoms with Crippen LogP contribution in [0.2, 0.25) is 0 Å². The number of ether oxygens (including phenoxy) is 3. The summed E-state index contributed by atoms with van der Waals surface area (Å²) in [6.45, 7) is 8.12. The summed E-state index contributed by atoms with van der Waals surface area (Å²) in [5.41, 5.74) is -2.66. The van der Waals surface area contributed by atoms with Crippen molar-refractivity contribution in [1.29, 1.82) is 5.26 Å². The van der Waals surface area contributed by atoms with E-state index in [4.69, 9.17) is 14.2 Å². The van der Waals surface area contributed by atoms with E-state index in [1.165, 1.54) is 6.08 Å². The largest absolute Gasteiger partial charge is 0.393 e. The number of halogens is 1. The molecule has 0 radical (unpaired) electrons. The highest BCUT2D eigenvalue weighted by molar-refractivity contribution is 5.91. The van der Waals surface area contributed by atoms with Crippen molar-refractivity contribution in [3.8, 4) is 6.07 Å². The smallest absolute Gasteiger partial charge is 0.209 e. The summed E-state index contributed by atoms with van der Waals surface area (Å²) in [4.78, 5) is 12.1. The van der Waals surface area contributed by atoms with E-state index in [1.54, 1.807) is 0 Å². The summed E-state index contributed by atoms with van der Waals surface area (Å²) in [5.74, 6) is -1.07. The molecule has 0 aromatic rings. The lowest BCUT2D eigenvalue weighted by atomic mass is 9.44. The Hall–Kier alpha value is -1.33. The molecule has 5 fully saturated rings. The van der Waals surface area contributed by atoms with Gasteiger partial charge in [0.15, 0.2) is 11.6 Å². The normalized spacial score (nSPS) is 57.5. The first kappa shape index (κ1) is 21.2. The molecule has 0 aromatic heterocycles. The van der Waals surface area contributed by atoms with E-state index >= 15 is 4.39 Å². The van der Waals surface area contributed by atoms with Crippen LogP contribution in [0.25, 0.3) is 0 Å². The Morgan fingerprint density at radius 2 is 1.97 bits per heavy atom. The lowest BCUT2D eigenvalue weighted by Gasteiger charge is -2.61. The Kier molecular flexibility index (Phi) is 3.99. The second kappa shape index (κ2) is 6.02. The number of carbonyl (C=O) groups is 1. The summed E-state index contributed by atoms with van der Waals surface area (Å²) < 4.78 is 34.4. The van der Waals surface area contributed by atoms with E-state index in [0.29, 0.717) is 31.3 Å². The highest BCUT2D eigenvalue weighted by atomic mass is 19.1. The van der Waals surface area contributed by atoms with Crippen LogP contribution in [0.1, 0.15) is 59.8 Å². The van der Waals surface area contributed by atoms with E-state index in [0.717, 1.165) is 0 Å². The van der Waals surface area contributed by atoms with Crippen molar-refractivity contribution >= 4 is 5.78 Å². The molecule has 3 saturated carbocycles. The number of ketones is 1. The van der Waals surface area contributed by atoms with Crippen LogP contribution in [0.3, 0.4) is 0 Å². The maximum absolute atomic E-state index is 15.6. The molecule has 32 heavy (non-hydrogen) atoms. The molecule has 174 valence electrons. The molecule has 0 spiro atoms. The van der Waals surface area contributed by atoms with Crippen LogP contribution >= 0.6 is 0 Å². The fourth-order valence-electron chi connectivity index (χ4n) is 8.97. The molecule has 1 unspecified atom stereocenters. The average molecular weight is 446 g/mol. The van der Waals surface area contributed by atoms with Crippen molar-refractivity contribution in [3.63, 3.8) is 0 Å². The number of fused-ring (bicyclic) bond motifs is 7. The minimum atomic E-state index is -1.20. The Labute approximate surface area is 188 Å². The van der Waals surface area contributed by atoms with E-state index in [2.05, 4.69) is 13.0 Å². The number of hydrogen-bond acceptors (Lipinski definition) is 6. The van der Waals surface area contributed by atoms with E-state index < -0.39 is 40.1 Å². The Morgan fingerprint density at radius 3 is 2.62 bits per heavy atom. The first-order chi connectivity index (χ1) is 14.9. The topological polar surface area (TPSA) is 92.1 Å². The van der Waals surface area contributed by atoms with Gasteiger partial charge >= 0.3 is 0 Å². The van der Waals surface area contributed by atoms with Crippen molar-refractivity contribution in [2.45, 2.75) is 95.2 Å². The van der Waals surface area contributed by atoms with Gasteiger partial charge in [0.2, 0.25) is 5.60 Å². The first-order valence-electron chi connectivity index (χ1n) is 11.9. The number of nitriles is 1. The van der Waals surface area contributed by atoms with Gasteiger partial charge in [0.25, 0.3) is 0 Å². The predicted octanol–water partition coefficient (Wildman–Crippen LogP) is 3.23. The van der Waals surface area contributed by atoms with Crippen LogP contribution in [-0.4, -0.2) is 52.9 Å². The van der Waals surface area contributed by atoms with Crippen molar-refractivity contribution in [2.24, 2.45) is 28.6 Å². The van der Waals surface area contributed by atoms with Crippen LogP contribution in [0.4, 0.5) is 4.39 Å². The van der Waals surface area contributed by atoms with Gasteiger partial charge in [-0.05, 0) is 74.3 Å². The molecule has 6 aliphatic rings. The zero-order valence-electron chi connectivity index (χ0n) is 19.2. The third-order valence-electron chi connectivity index (χ3n) is 10.1. The fraction of sp³-hybridized carbons (Fsp3) is 0.840. The van der Waals surface area contributed by atoms with Crippen molar-refractivity contribution in [3.05, 3.63) is 11.6 Å². The monoisotopic (exact) mass is 445 g/mol. The zero-order valence-corrected chi connectivity index (χ0v) is 19.2. The number of aliphatic hydroxyl groups excluding tert-OH is 1. The van der Waals surface area contributed by atoms with Gasteiger partial charge in [-0.1, -0.05) is 13.8 Å². The molecule has 0 aromatic carbocycles. The number of hydrogen-bond donors (Lipinski definition) is 1. The Balaban J connectivity index is 1.47. The Morgan fingerprint density at radius 1 is 1.25 bits per heavy atom. The maximum Gasteiger partial charge on any atom is 0.209 e. The van der Waals surface area contributed by atoms with Crippen molar-refractivity contribution in [2.75, 3.05) is 6.61 Å². The number of nitrogens with zero attached hydrogens (tertiary/aromatic N) is 1. The second-order valence-electron chi connectivity index (χ2n) is 12.0. The lowest BCUT2D eigenvalue weighted by Crippen LogP contribution is -2.66. The summed E-state index contributed by atoms with van der Waals surface area (Å²) >= 11 is 0. The van der Waals surface area contributed by atoms with Gasteiger partial charge in [-0.25, -0.2) is 4.39 Å². The molecular formula is C25H32FNO5. The molecule has 6 rings (SSSR count). The number of aliphatic hydroxyl groups is 1. The van der Waals surface area contributed by atoms with Gasteiger partial charge in [0, 0.05) is 11.8 Å². The summed E-state index contributed by atoms with van der Waals surface area (Å²) in [7, 11) is 0. The fourth-order valence-corrected chi connectivity index (χ4v) is 8.97. The lowest BCUT2D eigenvalue weighted by molar-refractivity contribution is -0.242. The first-order valence-corrected chi connectivity index (χ1v) is 11.9.